The molecular formula is C26H26FN5O2S. The molecule has 1 unspecified atom stereocenters. The van der Waals surface area contributed by atoms with Gasteiger partial charge < -0.3 is 15.0 Å². The van der Waals surface area contributed by atoms with Crippen molar-refractivity contribution in [3.63, 3.8) is 0 Å². The van der Waals surface area contributed by atoms with E-state index in [1.807, 2.05) is 42.5 Å². The number of nitrogens with zero attached hydrogens (tertiary/aromatic N) is 4. The van der Waals surface area contributed by atoms with Crippen molar-refractivity contribution in [1.82, 2.24) is 14.9 Å². The summed E-state index contributed by atoms with van der Waals surface area (Å²) in [6.45, 7) is 7.18. The number of halogens is 1. The Morgan fingerprint density at radius 3 is 2.63 bits per heavy atom. The van der Waals surface area contributed by atoms with Crippen LogP contribution in [-0.4, -0.2) is 47.0 Å². The predicted octanol–water partition coefficient (Wildman–Crippen LogP) is 5.46. The molecule has 0 spiro atoms. The average Bonchev–Trinajstić information content (AvgIpc) is 3.27. The number of hydrogen-bond acceptors (Lipinski definition) is 7. The second-order valence-corrected chi connectivity index (χ2v) is 9.54. The number of hydrogen-bond donors (Lipinski definition) is 1. The molecule has 0 saturated carbocycles. The molecule has 0 bridgehead atoms. The molecule has 0 radical (unpaired) electrons. The number of anilines is 2. The molecule has 2 aromatic heterocycles. The van der Waals surface area contributed by atoms with Crippen LogP contribution in [0.3, 0.4) is 0 Å². The SMILES string of the molecule is CC(=O)Nc1nc2c(Oc3cc(N4CCN(C(C)c5ccc(F)cc5)CC4)ccn3)cccc2s1. The lowest BCUT2D eigenvalue weighted by molar-refractivity contribution is -0.114. The fourth-order valence-electron chi connectivity index (χ4n) is 4.29. The highest BCUT2D eigenvalue weighted by Crippen LogP contribution is 2.35. The van der Waals surface area contributed by atoms with Crippen LogP contribution in [0.4, 0.5) is 15.2 Å². The van der Waals surface area contributed by atoms with Crippen LogP contribution in [0.15, 0.2) is 60.8 Å². The third kappa shape index (κ3) is 5.26. The van der Waals surface area contributed by atoms with Gasteiger partial charge in [-0.15, -0.1) is 0 Å². The number of fused-ring (bicyclic) bond motifs is 1. The Bertz CT molecular complexity index is 1340. The molecule has 7 nitrogen and oxygen atoms in total. The number of ether oxygens (including phenoxy) is 1. The number of rotatable bonds is 6. The lowest BCUT2D eigenvalue weighted by Gasteiger charge is -2.39. The Kier molecular flexibility index (Phi) is 6.61. The minimum atomic E-state index is -0.208. The quantitative estimate of drug-likeness (QED) is 0.386. The number of pyridine rings is 1. The van der Waals surface area contributed by atoms with Gasteiger partial charge in [0.25, 0.3) is 0 Å². The summed E-state index contributed by atoms with van der Waals surface area (Å²) in [6, 6.07) is 16.6. The van der Waals surface area contributed by atoms with E-state index in [2.05, 4.69) is 32.0 Å². The van der Waals surface area contributed by atoms with Crippen molar-refractivity contribution >= 4 is 38.3 Å². The highest BCUT2D eigenvalue weighted by molar-refractivity contribution is 7.22. The van der Waals surface area contributed by atoms with Crippen molar-refractivity contribution in [1.29, 1.82) is 0 Å². The Labute approximate surface area is 207 Å². The van der Waals surface area contributed by atoms with Gasteiger partial charge in [0, 0.05) is 57.1 Å². The lowest BCUT2D eigenvalue weighted by atomic mass is 10.1. The van der Waals surface area contributed by atoms with Crippen LogP contribution in [-0.2, 0) is 4.79 Å². The molecule has 0 aliphatic carbocycles. The Morgan fingerprint density at radius 2 is 1.89 bits per heavy atom. The van der Waals surface area contributed by atoms with Gasteiger partial charge in [-0.1, -0.05) is 29.5 Å². The number of benzene rings is 2. The summed E-state index contributed by atoms with van der Waals surface area (Å²) >= 11 is 1.40. The number of carbonyl (C=O) groups is 1. The van der Waals surface area contributed by atoms with Gasteiger partial charge in [0.15, 0.2) is 10.9 Å². The molecule has 3 heterocycles. The molecule has 1 aliphatic heterocycles. The summed E-state index contributed by atoms with van der Waals surface area (Å²) in [4.78, 5) is 25.0. The monoisotopic (exact) mass is 491 g/mol. The summed E-state index contributed by atoms with van der Waals surface area (Å²) in [5.41, 5.74) is 2.86. The molecule has 9 heteroatoms. The van der Waals surface area contributed by atoms with Gasteiger partial charge >= 0.3 is 0 Å². The number of nitrogens with one attached hydrogen (secondary N) is 1. The maximum Gasteiger partial charge on any atom is 0.223 e. The maximum absolute atomic E-state index is 13.3. The molecule has 35 heavy (non-hydrogen) atoms. The normalized spacial score (nSPS) is 15.2. The van der Waals surface area contributed by atoms with Crippen LogP contribution in [0, 0.1) is 5.82 Å². The first-order chi connectivity index (χ1) is 17.0. The third-order valence-electron chi connectivity index (χ3n) is 6.18. The first-order valence-corrected chi connectivity index (χ1v) is 12.3. The molecule has 2 aromatic carbocycles. The highest BCUT2D eigenvalue weighted by atomic mass is 32.1. The molecule has 1 aliphatic rings. The standard InChI is InChI=1S/C26H26FN5O2S/c1-17(19-6-8-20(27)9-7-19)31-12-14-32(15-13-31)21-10-11-28-24(16-21)34-22-4-3-5-23-25(22)30-26(35-23)29-18(2)33/h3-11,16-17H,12-15H2,1-2H3,(H,29,30,33). The molecule has 1 atom stereocenters. The van der Waals surface area contributed by atoms with Crippen molar-refractivity contribution in [3.8, 4) is 11.6 Å². The number of para-hydroxylation sites is 1. The fourth-order valence-corrected chi connectivity index (χ4v) is 5.22. The van der Waals surface area contributed by atoms with Gasteiger partial charge in [-0.2, -0.15) is 0 Å². The van der Waals surface area contributed by atoms with Gasteiger partial charge in [-0.05, 0) is 42.8 Å². The molecule has 1 amide bonds. The van der Waals surface area contributed by atoms with Gasteiger partial charge in [0.1, 0.15) is 11.3 Å². The zero-order valence-corrected chi connectivity index (χ0v) is 20.4. The van der Waals surface area contributed by atoms with Crippen molar-refractivity contribution in [3.05, 3.63) is 72.2 Å². The van der Waals surface area contributed by atoms with Crippen molar-refractivity contribution in [2.45, 2.75) is 19.9 Å². The summed E-state index contributed by atoms with van der Waals surface area (Å²) in [5.74, 6) is 0.720. The van der Waals surface area contributed by atoms with Gasteiger partial charge in [-0.25, -0.2) is 14.4 Å². The molecule has 1 fully saturated rings. The summed E-state index contributed by atoms with van der Waals surface area (Å²) in [6.07, 6.45) is 1.75. The van der Waals surface area contributed by atoms with Crippen molar-refractivity contribution in [2.24, 2.45) is 0 Å². The molecule has 4 aromatic rings. The molecule has 5 rings (SSSR count). The second-order valence-electron chi connectivity index (χ2n) is 8.51. The largest absolute Gasteiger partial charge is 0.437 e. The van der Waals surface area contributed by atoms with E-state index in [0.29, 0.717) is 22.3 Å². The maximum atomic E-state index is 13.3. The van der Waals surface area contributed by atoms with Crippen LogP contribution in [0.1, 0.15) is 25.5 Å². The number of thiazole rings is 1. The fraction of sp³-hybridized carbons (Fsp3) is 0.269. The van der Waals surface area contributed by atoms with E-state index in [-0.39, 0.29) is 17.8 Å². The van der Waals surface area contributed by atoms with Crippen molar-refractivity contribution in [2.75, 3.05) is 36.4 Å². The van der Waals surface area contributed by atoms with Crippen LogP contribution >= 0.6 is 11.3 Å². The van der Waals surface area contributed by atoms with Crippen LogP contribution in [0.25, 0.3) is 10.2 Å². The summed E-state index contributed by atoms with van der Waals surface area (Å²) in [7, 11) is 0. The van der Waals surface area contributed by atoms with Gasteiger partial charge in [0.2, 0.25) is 11.8 Å². The van der Waals surface area contributed by atoms with Crippen LogP contribution in [0.2, 0.25) is 0 Å². The zero-order chi connectivity index (χ0) is 24.4. The highest BCUT2D eigenvalue weighted by Gasteiger charge is 2.23. The first kappa shape index (κ1) is 23.2. The van der Waals surface area contributed by atoms with E-state index in [1.165, 1.54) is 30.4 Å². The van der Waals surface area contributed by atoms with E-state index in [4.69, 9.17) is 4.74 Å². The average molecular weight is 492 g/mol. The lowest BCUT2D eigenvalue weighted by Crippen LogP contribution is -2.47. The molecule has 180 valence electrons. The number of aromatic nitrogens is 2. The number of amides is 1. The van der Waals surface area contributed by atoms with E-state index in [0.717, 1.165) is 42.1 Å². The van der Waals surface area contributed by atoms with Gasteiger partial charge in [-0.3, -0.25) is 9.69 Å². The Morgan fingerprint density at radius 1 is 1.11 bits per heavy atom. The molecule has 1 N–H and O–H groups in total. The number of piperazine rings is 1. The summed E-state index contributed by atoms with van der Waals surface area (Å²) < 4.78 is 20.3. The van der Waals surface area contributed by atoms with E-state index >= 15 is 0 Å². The smallest absolute Gasteiger partial charge is 0.223 e. The van der Waals surface area contributed by atoms with E-state index < -0.39 is 0 Å². The minimum Gasteiger partial charge on any atom is -0.437 e. The topological polar surface area (TPSA) is 70.6 Å². The zero-order valence-electron chi connectivity index (χ0n) is 19.6. The van der Waals surface area contributed by atoms with Crippen molar-refractivity contribution < 1.29 is 13.9 Å². The van der Waals surface area contributed by atoms with Crippen LogP contribution in [0.5, 0.6) is 11.6 Å². The molecular weight excluding hydrogens is 465 g/mol. The second kappa shape index (κ2) is 9.97. The first-order valence-electron chi connectivity index (χ1n) is 11.5. The van der Waals surface area contributed by atoms with E-state index in [9.17, 15) is 9.18 Å². The van der Waals surface area contributed by atoms with Crippen LogP contribution < -0.4 is 15.0 Å². The Balaban J connectivity index is 1.27. The minimum absolute atomic E-state index is 0.159. The van der Waals surface area contributed by atoms with E-state index in [1.54, 1.807) is 6.20 Å². The summed E-state index contributed by atoms with van der Waals surface area (Å²) in [5, 5.41) is 3.27. The third-order valence-corrected chi connectivity index (χ3v) is 7.11. The predicted molar refractivity (Wildman–Crippen MR) is 137 cm³/mol. The number of carbonyl (C=O) groups excluding carboxylic acids is 1. The molecule has 1 saturated heterocycles. The van der Waals surface area contributed by atoms with Gasteiger partial charge in [0.05, 0.1) is 4.70 Å². The Hall–Kier alpha value is -3.56.